The van der Waals surface area contributed by atoms with Crippen molar-refractivity contribution >= 4 is 5.97 Å². The smallest absolute Gasteiger partial charge is 0.354 e. The van der Waals surface area contributed by atoms with E-state index in [0.717, 1.165) is 0 Å². The first kappa shape index (κ1) is 15.3. The summed E-state index contributed by atoms with van der Waals surface area (Å²) in [6.07, 6.45) is 2.84. The van der Waals surface area contributed by atoms with Crippen LogP contribution in [0.25, 0.3) is 11.4 Å². The summed E-state index contributed by atoms with van der Waals surface area (Å²) in [7, 11) is 0. The topological polar surface area (TPSA) is 104 Å². The van der Waals surface area contributed by atoms with Crippen molar-refractivity contribution in [2.24, 2.45) is 0 Å². The van der Waals surface area contributed by atoms with E-state index in [2.05, 4.69) is 15.0 Å². The summed E-state index contributed by atoms with van der Waals surface area (Å²) in [6, 6.07) is 4.74. The zero-order chi connectivity index (χ0) is 16.1. The Hall–Kier alpha value is -2.58. The number of carboxylic acids is 1. The van der Waals surface area contributed by atoms with E-state index in [-0.39, 0.29) is 11.8 Å². The Bertz CT molecular complexity index is 671. The van der Waals surface area contributed by atoms with Crippen LogP contribution in [0.3, 0.4) is 0 Å². The summed E-state index contributed by atoms with van der Waals surface area (Å²) in [4.78, 5) is 23.1. The van der Waals surface area contributed by atoms with Crippen LogP contribution in [0.5, 0.6) is 5.88 Å². The third kappa shape index (κ3) is 3.99. The van der Waals surface area contributed by atoms with Crippen LogP contribution in [0.1, 0.15) is 10.5 Å². The number of carbonyl (C=O) groups is 1. The molecule has 1 aliphatic heterocycles. The maximum atomic E-state index is 10.9. The van der Waals surface area contributed by atoms with Crippen molar-refractivity contribution in [1.29, 1.82) is 0 Å². The molecule has 1 atom stereocenters. The second-order valence-electron chi connectivity index (χ2n) is 4.83. The second kappa shape index (κ2) is 7.12. The Morgan fingerprint density at radius 2 is 2.22 bits per heavy atom. The highest BCUT2D eigenvalue weighted by molar-refractivity contribution is 5.85. The lowest BCUT2D eigenvalue weighted by Gasteiger charge is -2.22. The van der Waals surface area contributed by atoms with Crippen molar-refractivity contribution in [2.45, 2.75) is 6.10 Å². The van der Waals surface area contributed by atoms with Gasteiger partial charge in [-0.15, -0.1) is 0 Å². The molecule has 120 valence electrons. The normalized spacial score (nSPS) is 17.7. The van der Waals surface area contributed by atoms with Gasteiger partial charge in [0.15, 0.2) is 11.5 Å². The standard InChI is InChI=1S/C15H15N3O5/c19-15(20)12-3-4-16-14(18-12)10-1-2-13(17-7-10)23-9-11-8-21-5-6-22-11/h1-4,7,11H,5-6,8-9H2,(H,19,20). The number of hydrogen-bond acceptors (Lipinski definition) is 7. The highest BCUT2D eigenvalue weighted by Gasteiger charge is 2.15. The van der Waals surface area contributed by atoms with E-state index in [1.54, 1.807) is 12.1 Å². The Morgan fingerprint density at radius 3 is 2.91 bits per heavy atom. The van der Waals surface area contributed by atoms with Gasteiger partial charge in [0.2, 0.25) is 5.88 Å². The number of aromatic carboxylic acids is 1. The van der Waals surface area contributed by atoms with Gasteiger partial charge in [0.05, 0.1) is 19.8 Å². The van der Waals surface area contributed by atoms with Gasteiger partial charge in [-0.1, -0.05) is 0 Å². The summed E-state index contributed by atoms with van der Waals surface area (Å²) in [5.41, 5.74) is 0.544. The number of pyridine rings is 1. The molecule has 2 aromatic rings. The van der Waals surface area contributed by atoms with Crippen LogP contribution in [-0.2, 0) is 9.47 Å². The van der Waals surface area contributed by atoms with Gasteiger partial charge in [0.1, 0.15) is 12.7 Å². The molecule has 8 heteroatoms. The van der Waals surface area contributed by atoms with Crippen molar-refractivity contribution in [3.05, 3.63) is 36.3 Å². The summed E-state index contributed by atoms with van der Waals surface area (Å²) in [5.74, 6) is -0.360. The van der Waals surface area contributed by atoms with Gasteiger partial charge in [-0.25, -0.2) is 19.7 Å². The molecule has 0 saturated carbocycles. The van der Waals surface area contributed by atoms with Gasteiger partial charge in [-0.05, 0) is 12.1 Å². The minimum absolute atomic E-state index is 0.0650. The molecule has 1 N–H and O–H groups in total. The quantitative estimate of drug-likeness (QED) is 0.872. The zero-order valence-electron chi connectivity index (χ0n) is 12.2. The first-order chi connectivity index (χ1) is 11.2. The molecule has 1 fully saturated rings. The van der Waals surface area contributed by atoms with Crippen LogP contribution < -0.4 is 4.74 Å². The van der Waals surface area contributed by atoms with Gasteiger partial charge < -0.3 is 19.3 Å². The van der Waals surface area contributed by atoms with Crippen molar-refractivity contribution < 1.29 is 24.1 Å². The lowest BCUT2D eigenvalue weighted by Crippen LogP contribution is -2.33. The average Bonchev–Trinajstić information content (AvgIpc) is 2.61. The lowest BCUT2D eigenvalue weighted by molar-refractivity contribution is -0.102. The number of ether oxygens (including phenoxy) is 3. The molecular weight excluding hydrogens is 302 g/mol. The molecule has 0 amide bonds. The molecular formula is C15H15N3O5. The van der Waals surface area contributed by atoms with E-state index in [4.69, 9.17) is 19.3 Å². The molecule has 1 unspecified atom stereocenters. The molecule has 3 rings (SSSR count). The number of nitrogens with zero attached hydrogens (tertiary/aromatic N) is 3. The zero-order valence-corrected chi connectivity index (χ0v) is 12.2. The van der Waals surface area contributed by atoms with E-state index in [9.17, 15) is 4.79 Å². The summed E-state index contributed by atoms with van der Waals surface area (Å²) >= 11 is 0. The van der Waals surface area contributed by atoms with Crippen molar-refractivity contribution in [1.82, 2.24) is 15.0 Å². The average molecular weight is 317 g/mol. The SMILES string of the molecule is O=C(O)c1ccnc(-c2ccc(OCC3COCCO3)nc2)n1. The van der Waals surface area contributed by atoms with Gasteiger partial charge in [0.25, 0.3) is 0 Å². The van der Waals surface area contributed by atoms with Gasteiger partial charge in [-0.3, -0.25) is 0 Å². The van der Waals surface area contributed by atoms with Crippen molar-refractivity contribution in [2.75, 3.05) is 26.4 Å². The van der Waals surface area contributed by atoms with E-state index in [1.807, 2.05) is 0 Å². The van der Waals surface area contributed by atoms with Crippen LogP contribution in [0.4, 0.5) is 0 Å². The Balaban J connectivity index is 1.64. The molecule has 1 aliphatic rings. The lowest BCUT2D eigenvalue weighted by atomic mass is 10.2. The van der Waals surface area contributed by atoms with Crippen LogP contribution in [0.15, 0.2) is 30.6 Å². The molecule has 3 heterocycles. The molecule has 0 aromatic carbocycles. The minimum Gasteiger partial charge on any atom is -0.477 e. The fourth-order valence-electron chi connectivity index (χ4n) is 2.03. The molecule has 0 radical (unpaired) electrons. The molecule has 0 spiro atoms. The van der Waals surface area contributed by atoms with Gasteiger partial charge >= 0.3 is 5.97 Å². The van der Waals surface area contributed by atoms with Gasteiger partial charge in [-0.2, -0.15) is 0 Å². The third-order valence-corrected chi connectivity index (χ3v) is 3.17. The molecule has 8 nitrogen and oxygen atoms in total. The molecule has 0 bridgehead atoms. The number of rotatable bonds is 5. The Morgan fingerprint density at radius 1 is 1.30 bits per heavy atom. The molecule has 23 heavy (non-hydrogen) atoms. The largest absolute Gasteiger partial charge is 0.477 e. The summed E-state index contributed by atoms with van der Waals surface area (Å²) in [5, 5.41) is 8.95. The van der Waals surface area contributed by atoms with E-state index in [1.165, 1.54) is 18.5 Å². The van der Waals surface area contributed by atoms with Crippen LogP contribution in [-0.4, -0.2) is 58.6 Å². The molecule has 1 saturated heterocycles. The fourth-order valence-corrected chi connectivity index (χ4v) is 2.03. The van der Waals surface area contributed by atoms with E-state index in [0.29, 0.717) is 43.7 Å². The number of carboxylic acid groups (broad SMARTS) is 1. The van der Waals surface area contributed by atoms with E-state index < -0.39 is 5.97 Å². The third-order valence-electron chi connectivity index (χ3n) is 3.17. The number of aromatic nitrogens is 3. The van der Waals surface area contributed by atoms with Crippen LogP contribution in [0, 0.1) is 0 Å². The summed E-state index contributed by atoms with van der Waals surface area (Å²) in [6.45, 7) is 2.04. The number of hydrogen-bond donors (Lipinski definition) is 1. The monoisotopic (exact) mass is 317 g/mol. The Labute approximate surface area is 132 Å². The summed E-state index contributed by atoms with van der Waals surface area (Å²) < 4.78 is 16.3. The van der Waals surface area contributed by atoms with Crippen molar-refractivity contribution in [3.63, 3.8) is 0 Å². The highest BCUT2D eigenvalue weighted by atomic mass is 16.6. The highest BCUT2D eigenvalue weighted by Crippen LogP contribution is 2.17. The molecule has 0 aliphatic carbocycles. The maximum absolute atomic E-state index is 10.9. The predicted octanol–water partition coefficient (Wildman–Crippen LogP) is 1.03. The van der Waals surface area contributed by atoms with Crippen molar-refractivity contribution in [3.8, 4) is 17.3 Å². The molecule has 2 aromatic heterocycles. The van der Waals surface area contributed by atoms with Gasteiger partial charge in [0, 0.05) is 24.0 Å². The van der Waals surface area contributed by atoms with E-state index >= 15 is 0 Å². The second-order valence-corrected chi connectivity index (χ2v) is 4.83. The van der Waals surface area contributed by atoms with Crippen LogP contribution >= 0.6 is 0 Å². The predicted molar refractivity (Wildman–Crippen MR) is 78.3 cm³/mol. The fraction of sp³-hybridized carbons (Fsp3) is 0.333. The first-order valence-electron chi connectivity index (χ1n) is 7.07. The minimum atomic E-state index is -1.10. The maximum Gasteiger partial charge on any atom is 0.354 e. The Kier molecular flexibility index (Phi) is 4.74. The van der Waals surface area contributed by atoms with Crippen LogP contribution in [0.2, 0.25) is 0 Å². The first-order valence-corrected chi connectivity index (χ1v) is 7.07.